The molecule has 0 aromatic heterocycles. The molecule has 22 heavy (non-hydrogen) atoms. The van der Waals surface area contributed by atoms with E-state index in [2.05, 4.69) is 0 Å². The van der Waals surface area contributed by atoms with E-state index >= 15 is 0 Å². The molecule has 0 saturated carbocycles. The van der Waals surface area contributed by atoms with Crippen LogP contribution >= 0.6 is 0 Å². The van der Waals surface area contributed by atoms with Crippen LogP contribution in [0.15, 0.2) is 48.5 Å². The summed E-state index contributed by atoms with van der Waals surface area (Å²) in [7, 11) is 0. The first-order valence-corrected chi connectivity index (χ1v) is 6.36. The average molecular weight is 310 g/mol. The first kappa shape index (κ1) is 15.9. The highest BCUT2D eigenvalue weighted by molar-refractivity contribution is 5.85. The highest BCUT2D eigenvalue weighted by Gasteiger charge is 2.39. The molecule has 2 aromatic rings. The van der Waals surface area contributed by atoms with E-state index in [1.807, 2.05) is 0 Å². The Morgan fingerprint density at radius 1 is 0.955 bits per heavy atom. The van der Waals surface area contributed by atoms with Crippen molar-refractivity contribution in [3.8, 4) is 5.75 Å². The van der Waals surface area contributed by atoms with Crippen LogP contribution in [0.1, 0.15) is 23.6 Å². The molecule has 1 unspecified atom stereocenters. The predicted octanol–water partition coefficient (Wildman–Crippen LogP) is 3.80. The maximum Gasteiger partial charge on any atom is 0.416 e. The number of carboxylic acids is 1. The zero-order valence-corrected chi connectivity index (χ0v) is 11.6. The number of hydrogen-bond acceptors (Lipinski definition) is 2. The summed E-state index contributed by atoms with van der Waals surface area (Å²) >= 11 is 0. The minimum atomic E-state index is -4.55. The standard InChI is InChI=1S/C16H13F3O3/c1-15(14(21)22,10-5-7-13(20)8-6-10)11-3-2-4-12(9-11)16(17,18)19/h2-9,20H,1H3,(H,21,22). The second kappa shape index (κ2) is 5.36. The number of halogens is 3. The minimum Gasteiger partial charge on any atom is -0.508 e. The number of aliphatic carboxylic acids is 1. The molecular weight excluding hydrogens is 297 g/mol. The maximum absolute atomic E-state index is 12.8. The van der Waals surface area contributed by atoms with Crippen LogP contribution in [0.2, 0.25) is 0 Å². The summed E-state index contributed by atoms with van der Waals surface area (Å²) in [5, 5.41) is 18.8. The van der Waals surface area contributed by atoms with Gasteiger partial charge in [0.25, 0.3) is 0 Å². The zero-order chi connectivity index (χ0) is 16.5. The monoisotopic (exact) mass is 310 g/mol. The normalized spacial score (nSPS) is 14.4. The van der Waals surface area contributed by atoms with Crippen molar-refractivity contribution in [1.29, 1.82) is 0 Å². The van der Waals surface area contributed by atoms with Gasteiger partial charge in [-0.15, -0.1) is 0 Å². The fourth-order valence-corrected chi connectivity index (χ4v) is 2.21. The molecule has 0 radical (unpaired) electrons. The van der Waals surface area contributed by atoms with Crippen molar-refractivity contribution < 1.29 is 28.2 Å². The topological polar surface area (TPSA) is 57.5 Å². The molecule has 3 nitrogen and oxygen atoms in total. The van der Waals surface area contributed by atoms with E-state index in [4.69, 9.17) is 0 Å². The molecule has 0 spiro atoms. The van der Waals surface area contributed by atoms with Gasteiger partial charge >= 0.3 is 12.1 Å². The zero-order valence-electron chi connectivity index (χ0n) is 11.6. The van der Waals surface area contributed by atoms with Gasteiger partial charge in [0.15, 0.2) is 0 Å². The fraction of sp³-hybridized carbons (Fsp3) is 0.188. The van der Waals surface area contributed by atoms with Crippen LogP contribution in [0.3, 0.4) is 0 Å². The molecule has 2 aromatic carbocycles. The van der Waals surface area contributed by atoms with Crippen molar-refractivity contribution in [2.75, 3.05) is 0 Å². The fourth-order valence-electron chi connectivity index (χ4n) is 2.21. The van der Waals surface area contributed by atoms with Crippen LogP contribution in [0.4, 0.5) is 13.2 Å². The van der Waals surface area contributed by atoms with Gasteiger partial charge in [-0.3, -0.25) is 4.79 Å². The molecule has 0 saturated heterocycles. The third kappa shape index (κ3) is 2.77. The van der Waals surface area contributed by atoms with Crippen molar-refractivity contribution in [2.24, 2.45) is 0 Å². The molecular formula is C16H13F3O3. The first-order chi connectivity index (χ1) is 10.2. The maximum atomic E-state index is 12.8. The second-order valence-electron chi connectivity index (χ2n) is 5.06. The smallest absolute Gasteiger partial charge is 0.416 e. The van der Waals surface area contributed by atoms with Crippen LogP contribution < -0.4 is 0 Å². The average Bonchev–Trinajstić information content (AvgIpc) is 2.46. The molecule has 0 amide bonds. The lowest BCUT2D eigenvalue weighted by atomic mass is 9.76. The minimum absolute atomic E-state index is 0.0144. The van der Waals surface area contributed by atoms with Crippen molar-refractivity contribution in [3.63, 3.8) is 0 Å². The summed E-state index contributed by atoms with van der Waals surface area (Å²) in [4.78, 5) is 11.7. The van der Waals surface area contributed by atoms with Crippen LogP contribution in [0, 0.1) is 0 Å². The van der Waals surface area contributed by atoms with E-state index in [0.29, 0.717) is 0 Å². The number of phenols is 1. The molecule has 2 N–H and O–H groups in total. The van der Waals surface area contributed by atoms with E-state index in [0.717, 1.165) is 12.1 Å². The van der Waals surface area contributed by atoms with Gasteiger partial charge in [0.05, 0.1) is 5.56 Å². The third-order valence-electron chi connectivity index (χ3n) is 3.64. The summed E-state index contributed by atoms with van der Waals surface area (Å²) in [5.74, 6) is -1.34. The number of hydrogen-bond donors (Lipinski definition) is 2. The predicted molar refractivity (Wildman–Crippen MR) is 73.6 cm³/mol. The molecule has 0 aliphatic heterocycles. The largest absolute Gasteiger partial charge is 0.508 e. The molecule has 2 rings (SSSR count). The molecule has 0 bridgehead atoms. The Morgan fingerprint density at radius 3 is 2.00 bits per heavy atom. The summed E-state index contributed by atoms with van der Waals surface area (Å²) < 4.78 is 38.5. The number of phenolic OH excluding ortho intramolecular Hbond substituents is 1. The van der Waals surface area contributed by atoms with Crippen LogP contribution in [0.25, 0.3) is 0 Å². The highest BCUT2D eigenvalue weighted by Crippen LogP contribution is 2.37. The van der Waals surface area contributed by atoms with Gasteiger partial charge in [0.1, 0.15) is 11.2 Å². The lowest BCUT2D eigenvalue weighted by Crippen LogP contribution is -2.34. The number of carbonyl (C=O) groups is 1. The lowest BCUT2D eigenvalue weighted by molar-refractivity contribution is -0.142. The van der Waals surface area contributed by atoms with E-state index in [-0.39, 0.29) is 16.9 Å². The van der Waals surface area contributed by atoms with Crippen LogP contribution in [-0.2, 0) is 16.4 Å². The molecule has 1 atom stereocenters. The van der Waals surface area contributed by atoms with E-state index in [1.54, 1.807) is 0 Å². The molecule has 116 valence electrons. The molecule has 6 heteroatoms. The Kier molecular flexibility index (Phi) is 3.87. The third-order valence-corrected chi connectivity index (χ3v) is 3.64. The second-order valence-corrected chi connectivity index (χ2v) is 5.06. The Hall–Kier alpha value is -2.50. The lowest BCUT2D eigenvalue weighted by Gasteiger charge is -2.27. The van der Waals surface area contributed by atoms with Crippen molar-refractivity contribution in [3.05, 3.63) is 65.2 Å². The Balaban J connectivity index is 2.62. The Bertz CT molecular complexity index is 693. The van der Waals surface area contributed by atoms with Crippen molar-refractivity contribution >= 4 is 5.97 Å². The van der Waals surface area contributed by atoms with Gasteiger partial charge < -0.3 is 10.2 Å². The van der Waals surface area contributed by atoms with E-state index < -0.39 is 23.1 Å². The Morgan fingerprint density at radius 2 is 1.50 bits per heavy atom. The van der Waals surface area contributed by atoms with E-state index in [1.165, 1.54) is 43.3 Å². The summed E-state index contributed by atoms with van der Waals surface area (Å²) in [6, 6.07) is 9.60. The summed E-state index contributed by atoms with van der Waals surface area (Å²) in [6.45, 7) is 1.33. The quantitative estimate of drug-likeness (QED) is 0.906. The van der Waals surface area contributed by atoms with Crippen molar-refractivity contribution in [1.82, 2.24) is 0 Å². The molecule has 0 aliphatic rings. The number of carboxylic acid groups (broad SMARTS) is 1. The van der Waals surface area contributed by atoms with Gasteiger partial charge in [-0.25, -0.2) is 0 Å². The van der Waals surface area contributed by atoms with Crippen LogP contribution in [-0.4, -0.2) is 16.2 Å². The molecule has 0 aliphatic carbocycles. The molecule has 0 heterocycles. The van der Waals surface area contributed by atoms with Crippen LogP contribution in [0.5, 0.6) is 5.75 Å². The first-order valence-electron chi connectivity index (χ1n) is 6.36. The number of benzene rings is 2. The summed E-state index contributed by atoms with van der Waals surface area (Å²) in [5.41, 5.74) is -2.27. The van der Waals surface area contributed by atoms with Gasteiger partial charge in [-0.05, 0) is 36.2 Å². The van der Waals surface area contributed by atoms with Gasteiger partial charge in [0, 0.05) is 0 Å². The van der Waals surface area contributed by atoms with Gasteiger partial charge in [-0.1, -0.05) is 30.3 Å². The number of alkyl halides is 3. The van der Waals surface area contributed by atoms with Gasteiger partial charge in [-0.2, -0.15) is 13.2 Å². The van der Waals surface area contributed by atoms with Gasteiger partial charge in [0.2, 0.25) is 0 Å². The summed E-state index contributed by atoms with van der Waals surface area (Å²) in [6.07, 6.45) is -4.55. The molecule has 0 fully saturated rings. The SMILES string of the molecule is CC(C(=O)O)(c1ccc(O)cc1)c1cccc(C(F)(F)F)c1. The highest BCUT2D eigenvalue weighted by atomic mass is 19.4. The number of aromatic hydroxyl groups is 1. The van der Waals surface area contributed by atoms with E-state index in [9.17, 15) is 28.2 Å². The van der Waals surface area contributed by atoms with Crippen molar-refractivity contribution in [2.45, 2.75) is 18.5 Å². The Labute approximate surface area is 124 Å². The number of rotatable bonds is 3.